The van der Waals surface area contributed by atoms with Crippen molar-refractivity contribution in [3.63, 3.8) is 0 Å². The maximum absolute atomic E-state index is 12.9. The molecule has 0 aromatic rings. The number of likely N-dealkylation sites (N-methyl/N-ethyl adjacent to an activating group) is 1. The predicted molar refractivity (Wildman–Crippen MR) is 112 cm³/mol. The van der Waals surface area contributed by atoms with Crippen LogP contribution in [0.25, 0.3) is 0 Å². The zero-order valence-corrected chi connectivity index (χ0v) is 17.3. The lowest BCUT2D eigenvalue weighted by Gasteiger charge is -2.29. The highest BCUT2D eigenvalue weighted by Crippen LogP contribution is 2.21. The number of hydrogen-bond donors (Lipinski definition) is 0. The van der Waals surface area contributed by atoms with Crippen molar-refractivity contribution in [1.29, 1.82) is 5.26 Å². The maximum atomic E-state index is 12.9. The largest absolute Gasteiger partial charge is 0.334 e. The zero-order valence-electron chi connectivity index (χ0n) is 15.7. The summed E-state index contributed by atoms with van der Waals surface area (Å²) in [4.78, 5) is 18.9. The molecule has 1 amide bonds. The van der Waals surface area contributed by atoms with Crippen LogP contribution in [-0.4, -0.2) is 28.5 Å². The molecule has 26 heavy (non-hydrogen) atoms. The number of carbonyl (C=O) groups is 1. The van der Waals surface area contributed by atoms with Gasteiger partial charge in [-0.2, -0.15) is 5.26 Å². The van der Waals surface area contributed by atoms with Gasteiger partial charge in [-0.25, -0.2) is 4.99 Å². The van der Waals surface area contributed by atoms with Gasteiger partial charge in [-0.3, -0.25) is 4.79 Å². The van der Waals surface area contributed by atoms with E-state index in [2.05, 4.69) is 34.4 Å². The van der Waals surface area contributed by atoms with Gasteiger partial charge in [0.05, 0.1) is 16.4 Å². The van der Waals surface area contributed by atoms with Crippen LogP contribution in [-0.2, 0) is 4.79 Å². The SMILES string of the molecule is C=C/C=C(\C=C/C)C(CCC)N(C)C(=O)/C(C#N)=C/C1=CCCC(Br)=N1. The van der Waals surface area contributed by atoms with Crippen molar-refractivity contribution in [2.75, 3.05) is 7.05 Å². The van der Waals surface area contributed by atoms with Crippen molar-refractivity contribution in [1.82, 2.24) is 4.90 Å². The molecule has 1 aliphatic rings. The van der Waals surface area contributed by atoms with Gasteiger partial charge >= 0.3 is 0 Å². The first-order valence-electron chi connectivity index (χ1n) is 8.75. The van der Waals surface area contributed by atoms with Crippen molar-refractivity contribution in [2.24, 2.45) is 4.99 Å². The zero-order chi connectivity index (χ0) is 19.5. The molecular formula is C21H26BrN3O. The lowest BCUT2D eigenvalue weighted by Crippen LogP contribution is -2.38. The third-order valence-corrected chi connectivity index (χ3v) is 4.58. The smallest absolute Gasteiger partial charge is 0.264 e. The molecule has 1 aliphatic heterocycles. The summed E-state index contributed by atoms with van der Waals surface area (Å²) in [5.41, 5.74) is 1.73. The van der Waals surface area contributed by atoms with Gasteiger partial charge in [0.15, 0.2) is 0 Å². The molecule has 0 aromatic carbocycles. The Kier molecular flexibility index (Phi) is 9.61. The van der Waals surface area contributed by atoms with Gasteiger partial charge in [-0.05, 0) is 53.8 Å². The number of allylic oxidation sites excluding steroid dienone is 5. The van der Waals surface area contributed by atoms with E-state index in [0.29, 0.717) is 5.70 Å². The van der Waals surface area contributed by atoms with Gasteiger partial charge in [0, 0.05) is 7.05 Å². The molecule has 0 spiro atoms. The molecule has 0 aliphatic carbocycles. The van der Waals surface area contributed by atoms with Crippen LogP contribution < -0.4 is 0 Å². The molecule has 0 saturated carbocycles. The van der Waals surface area contributed by atoms with Gasteiger partial charge in [-0.1, -0.05) is 50.3 Å². The summed E-state index contributed by atoms with van der Waals surface area (Å²) in [5.74, 6) is -0.303. The maximum Gasteiger partial charge on any atom is 0.264 e. The standard InChI is InChI=1S/C21H26BrN3O/c1-5-9-16(10-6-2)19(11-7-3)25(4)21(26)17(15-23)14-18-12-8-13-20(22)24-18/h5-6,9-10,12,14,19H,1,7-8,11,13H2,2-4H3/b10-6-,16-9+,17-14+. The topological polar surface area (TPSA) is 56.5 Å². The number of aliphatic imine (C=N–C) groups is 1. The molecule has 5 heteroatoms. The van der Waals surface area contributed by atoms with Gasteiger partial charge in [-0.15, -0.1) is 0 Å². The van der Waals surface area contributed by atoms with Crippen molar-refractivity contribution in [3.8, 4) is 6.07 Å². The van der Waals surface area contributed by atoms with Crippen LogP contribution >= 0.6 is 15.9 Å². The fourth-order valence-electron chi connectivity index (χ4n) is 2.76. The number of hydrogen-bond acceptors (Lipinski definition) is 3. The van der Waals surface area contributed by atoms with E-state index < -0.39 is 0 Å². The molecule has 138 valence electrons. The van der Waals surface area contributed by atoms with E-state index in [4.69, 9.17) is 0 Å². The minimum Gasteiger partial charge on any atom is -0.334 e. The minimum absolute atomic E-state index is 0.0873. The Morgan fingerprint density at radius 1 is 1.58 bits per heavy atom. The molecule has 0 N–H and O–H groups in total. The Hall–Kier alpha value is -2.19. The second-order valence-corrected chi connectivity index (χ2v) is 6.86. The third kappa shape index (κ3) is 6.27. The van der Waals surface area contributed by atoms with Crippen LogP contribution in [0.1, 0.15) is 39.5 Å². The molecule has 1 heterocycles. The van der Waals surface area contributed by atoms with Gasteiger partial charge in [0.1, 0.15) is 11.6 Å². The molecule has 0 radical (unpaired) electrons. The summed E-state index contributed by atoms with van der Waals surface area (Å²) in [5, 5.41) is 9.50. The van der Waals surface area contributed by atoms with Crippen molar-refractivity contribution in [3.05, 3.63) is 59.9 Å². The normalized spacial score (nSPS) is 16.6. The molecule has 0 fully saturated rings. The van der Waals surface area contributed by atoms with Gasteiger partial charge in [0.25, 0.3) is 5.91 Å². The van der Waals surface area contributed by atoms with Crippen LogP contribution in [0.3, 0.4) is 0 Å². The second kappa shape index (κ2) is 11.4. The van der Waals surface area contributed by atoms with Gasteiger partial charge < -0.3 is 4.90 Å². The van der Waals surface area contributed by atoms with Crippen LogP contribution in [0.2, 0.25) is 0 Å². The third-order valence-electron chi connectivity index (χ3n) is 4.00. The van der Waals surface area contributed by atoms with E-state index in [0.717, 1.165) is 35.9 Å². The summed E-state index contributed by atoms with van der Waals surface area (Å²) >= 11 is 3.38. The Labute approximate surface area is 165 Å². The predicted octanol–water partition coefficient (Wildman–Crippen LogP) is 5.22. The number of carbonyl (C=O) groups excluding carboxylic acids is 1. The summed E-state index contributed by atoms with van der Waals surface area (Å²) in [6.45, 7) is 7.78. The van der Waals surface area contributed by atoms with Crippen LogP contribution in [0.4, 0.5) is 0 Å². The summed E-state index contributed by atoms with van der Waals surface area (Å²) in [6, 6.07) is 1.91. The Bertz CT molecular complexity index is 720. The fraction of sp³-hybridized carbons (Fsp3) is 0.381. The van der Waals surface area contributed by atoms with E-state index in [9.17, 15) is 10.1 Å². The first-order chi connectivity index (χ1) is 12.5. The number of halogens is 1. The first-order valence-corrected chi connectivity index (χ1v) is 9.55. The molecule has 1 rings (SSSR count). The fourth-order valence-corrected chi connectivity index (χ4v) is 3.19. The highest BCUT2D eigenvalue weighted by molar-refractivity contribution is 9.18. The average Bonchev–Trinajstić information content (AvgIpc) is 2.63. The van der Waals surface area contributed by atoms with Crippen LogP contribution in [0.15, 0.2) is 64.9 Å². The minimum atomic E-state index is -0.303. The quantitative estimate of drug-likeness (QED) is 0.309. The summed E-state index contributed by atoms with van der Waals surface area (Å²) < 4.78 is 0.831. The number of amides is 1. The highest BCUT2D eigenvalue weighted by Gasteiger charge is 2.24. The van der Waals surface area contributed by atoms with Crippen molar-refractivity contribution >= 4 is 26.5 Å². The van der Waals surface area contributed by atoms with E-state index in [1.807, 2.05) is 37.3 Å². The second-order valence-electron chi connectivity index (χ2n) is 5.95. The number of nitrogens with zero attached hydrogens (tertiary/aromatic N) is 3. The van der Waals surface area contributed by atoms with Crippen LogP contribution in [0.5, 0.6) is 0 Å². The van der Waals surface area contributed by atoms with E-state index in [1.165, 1.54) is 0 Å². The van der Waals surface area contributed by atoms with Crippen molar-refractivity contribution < 1.29 is 4.79 Å². The Morgan fingerprint density at radius 2 is 2.31 bits per heavy atom. The molecule has 0 saturated heterocycles. The summed E-state index contributed by atoms with van der Waals surface area (Å²) in [6.07, 6.45) is 14.4. The monoisotopic (exact) mass is 415 g/mol. The van der Waals surface area contributed by atoms with Crippen molar-refractivity contribution in [2.45, 2.75) is 45.6 Å². The Morgan fingerprint density at radius 3 is 2.85 bits per heavy atom. The lowest BCUT2D eigenvalue weighted by atomic mass is 9.99. The number of nitriles is 1. The van der Waals surface area contributed by atoms with E-state index >= 15 is 0 Å². The Balaban J connectivity index is 3.16. The lowest BCUT2D eigenvalue weighted by molar-refractivity contribution is -0.126. The highest BCUT2D eigenvalue weighted by atomic mass is 79.9. The molecule has 1 atom stereocenters. The van der Waals surface area contributed by atoms with E-state index in [-0.39, 0.29) is 17.5 Å². The van der Waals surface area contributed by atoms with Crippen LogP contribution in [0, 0.1) is 11.3 Å². The summed E-state index contributed by atoms with van der Waals surface area (Å²) in [7, 11) is 1.74. The molecule has 0 aromatic heterocycles. The van der Waals surface area contributed by atoms with E-state index in [1.54, 1.807) is 24.1 Å². The molecule has 1 unspecified atom stereocenters. The number of rotatable bonds is 8. The molecular weight excluding hydrogens is 390 g/mol. The molecule has 0 bridgehead atoms. The average molecular weight is 416 g/mol. The first kappa shape index (κ1) is 21.9. The molecule has 4 nitrogen and oxygen atoms in total. The van der Waals surface area contributed by atoms with Gasteiger partial charge in [0.2, 0.25) is 0 Å².